The average Bonchev–Trinajstić information content (AvgIpc) is 3.11. The van der Waals surface area contributed by atoms with Gasteiger partial charge in [-0.1, -0.05) is 25.5 Å². The van der Waals surface area contributed by atoms with E-state index in [1.54, 1.807) is 38.1 Å². The van der Waals surface area contributed by atoms with Crippen LogP contribution in [-0.4, -0.2) is 48.0 Å². The summed E-state index contributed by atoms with van der Waals surface area (Å²) in [7, 11) is -3.44. The maximum atomic E-state index is 12.6. The van der Waals surface area contributed by atoms with E-state index in [0.717, 1.165) is 6.42 Å². The van der Waals surface area contributed by atoms with Crippen LogP contribution in [0, 0.1) is 0 Å². The molecular formula is C19H28N2O5S. The van der Waals surface area contributed by atoms with E-state index in [1.165, 1.54) is 4.31 Å². The van der Waals surface area contributed by atoms with E-state index in [9.17, 15) is 23.1 Å². The van der Waals surface area contributed by atoms with E-state index in [1.807, 2.05) is 6.92 Å². The van der Waals surface area contributed by atoms with Crippen LogP contribution in [0.2, 0.25) is 0 Å². The van der Waals surface area contributed by atoms with E-state index in [0.29, 0.717) is 37.1 Å². The second-order valence-electron chi connectivity index (χ2n) is 7.44. The van der Waals surface area contributed by atoms with Crippen molar-refractivity contribution >= 4 is 27.6 Å². The molecule has 0 radical (unpaired) electrons. The van der Waals surface area contributed by atoms with Gasteiger partial charge in [-0.3, -0.25) is 9.59 Å². The average molecular weight is 397 g/mol. The molecule has 0 spiro atoms. The molecule has 27 heavy (non-hydrogen) atoms. The Hall–Kier alpha value is -1.93. The summed E-state index contributed by atoms with van der Waals surface area (Å²) in [6.07, 6.45) is 2.52. The number of hydrogen-bond acceptors (Lipinski definition) is 4. The van der Waals surface area contributed by atoms with Gasteiger partial charge < -0.3 is 10.4 Å². The summed E-state index contributed by atoms with van der Waals surface area (Å²) in [5, 5.41) is 12.0. The molecule has 0 bridgehead atoms. The SMILES string of the molecule is CCCCS(=O)(=O)N1CCCC1C(=O)Nc1ccc(C(C)(C)C(=O)O)cc1. The summed E-state index contributed by atoms with van der Waals surface area (Å²) in [5.74, 6) is -1.22. The third kappa shape index (κ3) is 4.87. The Morgan fingerprint density at radius 2 is 1.89 bits per heavy atom. The van der Waals surface area contributed by atoms with E-state index < -0.39 is 27.4 Å². The van der Waals surface area contributed by atoms with Crippen LogP contribution >= 0.6 is 0 Å². The summed E-state index contributed by atoms with van der Waals surface area (Å²) in [6.45, 7) is 5.52. The van der Waals surface area contributed by atoms with Crippen LogP contribution in [0.1, 0.15) is 52.0 Å². The first-order valence-corrected chi connectivity index (χ1v) is 10.8. The molecule has 1 aliphatic heterocycles. The normalized spacial score (nSPS) is 18.4. The predicted octanol–water partition coefficient (Wildman–Crippen LogP) is 2.58. The van der Waals surface area contributed by atoms with Gasteiger partial charge >= 0.3 is 5.97 Å². The lowest BCUT2D eigenvalue weighted by Crippen LogP contribution is -2.44. The lowest BCUT2D eigenvalue weighted by molar-refractivity contribution is -0.142. The van der Waals surface area contributed by atoms with Gasteiger partial charge in [-0.25, -0.2) is 8.42 Å². The smallest absolute Gasteiger partial charge is 0.313 e. The Morgan fingerprint density at radius 1 is 1.26 bits per heavy atom. The van der Waals surface area contributed by atoms with Crippen LogP contribution in [-0.2, 0) is 25.0 Å². The van der Waals surface area contributed by atoms with Gasteiger partial charge in [0.15, 0.2) is 0 Å². The molecule has 1 aromatic rings. The zero-order chi connectivity index (χ0) is 20.2. The summed E-state index contributed by atoms with van der Waals surface area (Å²) in [4.78, 5) is 24.0. The lowest BCUT2D eigenvalue weighted by Gasteiger charge is -2.24. The number of sulfonamides is 1. The second kappa shape index (κ2) is 8.39. The van der Waals surface area contributed by atoms with Gasteiger partial charge in [-0.2, -0.15) is 4.31 Å². The number of hydrogen-bond donors (Lipinski definition) is 2. The van der Waals surface area contributed by atoms with Crippen LogP contribution in [0.5, 0.6) is 0 Å². The molecule has 1 saturated heterocycles. The van der Waals surface area contributed by atoms with Crippen molar-refractivity contribution in [1.29, 1.82) is 0 Å². The standard InChI is InChI=1S/C19H28N2O5S/c1-4-5-13-27(25,26)21-12-6-7-16(21)17(22)20-15-10-8-14(9-11-15)19(2,3)18(23)24/h8-11,16H,4-7,12-13H2,1-3H3,(H,20,22)(H,23,24). The molecule has 0 aromatic heterocycles. The largest absolute Gasteiger partial charge is 0.481 e. The number of carboxylic acid groups (broad SMARTS) is 1. The molecule has 0 aliphatic carbocycles. The topological polar surface area (TPSA) is 104 Å². The van der Waals surface area contributed by atoms with Crippen molar-refractivity contribution in [2.75, 3.05) is 17.6 Å². The maximum absolute atomic E-state index is 12.6. The van der Waals surface area contributed by atoms with Crippen LogP contribution in [0.25, 0.3) is 0 Å². The van der Waals surface area contributed by atoms with Crippen molar-refractivity contribution in [2.45, 2.75) is 57.9 Å². The minimum Gasteiger partial charge on any atom is -0.481 e. The van der Waals surface area contributed by atoms with Crippen molar-refractivity contribution in [3.63, 3.8) is 0 Å². The molecular weight excluding hydrogens is 368 g/mol. The quantitative estimate of drug-likeness (QED) is 0.703. The zero-order valence-electron chi connectivity index (χ0n) is 16.1. The lowest BCUT2D eigenvalue weighted by atomic mass is 9.85. The summed E-state index contributed by atoms with van der Waals surface area (Å²) in [6, 6.07) is 5.91. The Kier molecular flexibility index (Phi) is 6.64. The summed E-state index contributed by atoms with van der Waals surface area (Å²) < 4.78 is 26.3. The highest BCUT2D eigenvalue weighted by Gasteiger charge is 2.38. The molecule has 1 heterocycles. The van der Waals surface area contributed by atoms with E-state index >= 15 is 0 Å². The Bertz CT molecular complexity index is 787. The fraction of sp³-hybridized carbons (Fsp3) is 0.579. The van der Waals surface area contributed by atoms with Crippen LogP contribution < -0.4 is 5.32 Å². The zero-order valence-corrected chi connectivity index (χ0v) is 16.9. The minimum absolute atomic E-state index is 0.0618. The number of amides is 1. The van der Waals surface area contributed by atoms with Gasteiger partial charge in [-0.05, 0) is 50.8 Å². The molecule has 0 saturated carbocycles. The van der Waals surface area contributed by atoms with Gasteiger partial charge in [0.2, 0.25) is 15.9 Å². The Morgan fingerprint density at radius 3 is 2.44 bits per heavy atom. The van der Waals surface area contributed by atoms with E-state index in [2.05, 4.69) is 5.32 Å². The first-order valence-electron chi connectivity index (χ1n) is 9.24. The molecule has 1 fully saturated rings. The second-order valence-corrected chi connectivity index (χ2v) is 9.48. The third-order valence-corrected chi connectivity index (χ3v) is 6.98. The van der Waals surface area contributed by atoms with Crippen molar-refractivity contribution in [2.24, 2.45) is 0 Å². The Labute approximate surface area is 160 Å². The maximum Gasteiger partial charge on any atom is 0.313 e. The summed E-state index contributed by atoms with van der Waals surface area (Å²) in [5.41, 5.74) is 0.110. The number of carboxylic acids is 1. The highest BCUT2D eigenvalue weighted by atomic mass is 32.2. The fourth-order valence-corrected chi connectivity index (χ4v) is 4.98. The number of unbranched alkanes of at least 4 members (excludes halogenated alkanes) is 1. The molecule has 1 aliphatic rings. The molecule has 1 aromatic carbocycles. The Balaban J connectivity index is 2.09. The van der Waals surface area contributed by atoms with Crippen LogP contribution in [0.4, 0.5) is 5.69 Å². The molecule has 1 amide bonds. The van der Waals surface area contributed by atoms with Crippen molar-refractivity contribution < 1.29 is 23.1 Å². The van der Waals surface area contributed by atoms with Gasteiger partial charge in [-0.15, -0.1) is 0 Å². The van der Waals surface area contributed by atoms with Gasteiger partial charge in [0.1, 0.15) is 6.04 Å². The number of benzene rings is 1. The molecule has 7 nitrogen and oxygen atoms in total. The monoisotopic (exact) mass is 396 g/mol. The minimum atomic E-state index is -3.44. The van der Waals surface area contributed by atoms with Crippen molar-refractivity contribution in [3.8, 4) is 0 Å². The van der Waals surface area contributed by atoms with E-state index in [4.69, 9.17) is 0 Å². The van der Waals surface area contributed by atoms with Crippen molar-refractivity contribution in [1.82, 2.24) is 4.31 Å². The van der Waals surface area contributed by atoms with Crippen LogP contribution in [0.15, 0.2) is 24.3 Å². The predicted molar refractivity (Wildman–Crippen MR) is 104 cm³/mol. The van der Waals surface area contributed by atoms with E-state index in [-0.39, 0.29) is 11.7 Å². The molecule has 2 rings (SSSR count). The number of anilines is 1. The number of carbonyl (C=O) groups excluding carboxylic acids is 1. The third-order valence-electron chi connectivity index (χ3n) is 5.03. The van der Waals surface area contributed by atoms with Gasteiger partial charge in [0.25, 0.3) is 0 Å². The first kappa shape index (κ1) is 21.4. The molecule has 150 valence electrons. The van der Waals surface area contributed by atoms with Gasteiger partial charge in [0, 0.05) is 12.2 Å². The number of nitrogens with zero attached hydrogens (tertiary/aromatic N) is 1. The molecule has 2 N–H and O–H groups in total. The molecule has 1 unspecified atom stereocenters. The van der Waals surface area contributed by atoms with Crippen LogP contribution in [0.3, 0.4) is 0 Å². The number of nitrogens with one attached hydrogen (secondary N) is 1. The highest BCUT2D eigenvalue weighted by molar-refractivity contribution is 7.89. The number of rotatable bonds is 8. The molecule has 1 atom stereocenters. The highest BCUT2D eigenvalue weighted by Crippen LogP contribution is 2.26. The number of carbonyl (C=O) groups is 2. The van der Waals surface area contributed by atoms with Gasteiger partial charge in [0.05, 0.1) is 11.2 Å². The first-order chi connectivity index (χ1) is 12.6. The summed E-state index contributed by atoms with van der Waals surface area (Å²) >= 11 is 0. The molecule has 8 heteroatoms. The fourth-order valence-electron chi connectivity index (χ4n) is 3.10. The number of aliphatic carboxylic acids is 1. The van der Waals surface area contributed by atoms with Crippen molar-refractivity contribution in [3.05, 3.63) is 29.8 Å².